The van der Waals surface area contributed by atoms with Crippen molar-refractivity contribution in [2.75, 3.05) is 12.4 Å². The summed E-state index contributed by atoms with van der Waals surface area (Å²) in [6.45, 7) is 0.285. The molecule has 0 atom stereocenters. The average Bonchev–Trinajstić information content (AvgIpc) is 2.51. The number of thioether (sulfide) groups is 1. The molecule has 0 amide bonds. The molecule has 0 aliphatic carbocycles. The predicted octanol–water partition coefficient (Wildman–Crippen LogP) is 2.94. The Balaban J connectivity index is 2.06. The monoisotopic (exact) mass is 220 g/mol. The molecule has 74 valence electrons. The minimum Gasteiger partial charge on any atom is -0.449 e. The molecule has 13 heavy (non-hydrogen) atoms. The van der Waals surface area contributed by atoms with Gasteiger partial charge in [0.15, 0.2) is 5.22 Å². The fraction of sp³-hybridized carbons (Fsp3) is 0.556. The van der Waals surface area contributed by atoms with E-state index in [1.165, 1.54) is 0 Å². The van der Waals surface area contributed by atoms with Crippen molar-refractivity contribution in [3.63, 3.8) is 0 Å². The van der Waals surface area contributed by atoms with Gasteiger partial charge in [-0.15, -0.1) is 0 Å². The van der Waals surface area contributed by atoms with Crippen molar-refractivity contribution in [2.45, 2.75) is 18.6 Å². The van der Waals surface area contributed by atoms with Crippen molar-refractivity contribution in [2.24, 2.45) is 0 Å². The lowest BCUT2D eigenvalue weighted by Gasteiger charge is -1.97. The van der Waals surface area contributed by atoms with Gasteiger partial charge in [0, 0.05) is 6.61 Å². The average molecular weight is 221 g/mol. The second-order valence-electron chi connectivity index (χ2n) is 2.69. The fourth-order valence-electron chi connectivity index (χ4n) is 0.918. The van der Waals surface area contributed by atoms with E-state index in [9.17, 15) is 0 Å². The van der Waals surface area contributed by atoms with E-state index < -0.39 is 0 Å². The lowest BCUT2D eigenvalue weighted by atomic mass is 10.4. The zero-order valence-corrected chi connectivity index (χ0v) is 8.90. The zero-order chi connectivity index (χ0) is 9.52. The lowest BCUT2D eigenvalue weighted by molar-refractivity contribution is 0.287. The number of aliphatic hydroxyl groups excluding tert-OH is 1. The van der Waals surface area contributed by atoms with E-state index in [2.05, 4.69) is 0 Å². The second-order valence-corrected chi connectivity index (χ2v) is 4.17. The summed E-state index contributed by atoms with van der Waals surface area (Å²) in [5, 5.41) is 8.99. The summed E-state index contributed by atoms with van der Waals surface area (Å²) >= 11 is 7.41. The van der Waals surface area contributed by atoms with Crippen molar-refractivity contribution in [3.8, 4) is 0 Å². The fourth-order valence-corrected chi connectivity index (χ4v) is 1.99. The standard InChI is InChI=1S/C9H13ClO2S/c10-9-4-3-8(12-9)7-13-6-2-1-5-11/h3-4,11H,1-2,5-7H2. The van der Waals surface area contributed by atoms with Gasteiger partial charge in [0.1, 0.15) is 5.76 Å². The minimum atomic E-state index is 0.285. The van der Waals surface area contributed by atoms with E-state index >= 15 is 0 Å². The molecule has 0 saturated carbocycles. The van der Waals surface area contributed by atoms with Crippen LogP contribution in [0.4, 0.5) is 0 Å². The first-order valence-electron chi connectivity index (χ1n) is 4.26. The number of furan rings is 1. The van der Waals surface area contributed by atoms with Crippen LogP contribution in [-0.2, 0) is 5.75 Å². The maximum Gasteiger partial charge on any atom is 0.193 e. The number of halogens is 1. The summed E-state index contributed by atoms with van der Waals surface area (Å²) in [5.41, 5.74) is 0. The number of rotatable bonds is 6. The van der Waals surface area contributed by atoms with Crippen LogP contribution in [0.25, 0.3) is 0 Å². The molecule has 0 aliphatic heterocycles. The normalized spacial score (nSPS) is 10.6. The first-order chi connectivity index (χ1) is 6.33. The van der Waals surface area contributed by atoms with Crippen LogP contribution >= 0.6 is 23.4 Å². The van der Waals surface area contributed by atoms with Crippen LogP contribution in [0.15, 0.2) is 16.5 Å². The van der Waals surface area contributed by atoms with Crippen molar-refractivity contribution < 1.29 is 9.52 Å². The Morgan fingerprint density at radius 2 is 2.23 bits per heavy atom. The molecule has 1 rings (SSSR count). The van der Waals surface area contributed by atoms with Gasteiger partial charge in [-0.3, -0.25) is 0 Å². The number of aliphatic hydroxyl groups is 1. The molecule has 0 aromatic carbocycles. The Labute approximate surface area is 87.3 Å². The number of hydrogen-bond acceptors (Lipinski definition) is 3. The van der Waals surface area contributed by atoms with E-state index in [4.69, 9.17) is 21.1 Å². The topological polar surface area (TPSA) is 33.4 Å². The number of hydrogen-bond donors (Lipinski definition) is 1. The molecule has 4 heteroatoms. The molecular weight excluding hydrogens is 208 g/mol. The summed E-state index contributed by atoms with van der Waals surface area (Å²) in [5.74, 6) is 2.83. The summed E-state index contributed by atoms with van der Waals surface area (Å²) in [6.07, 6.45) is 1.93. The summed E-state index contributed by atoms with van der Waals surface area (Å²) in [4.78, 5) is 0. The maximum absolute atomic E-state index is 8.54. The molecule has 1 N–H and O–H groups in total. The molecule has 2 nitrogen and oxygen atoms in total. The molecule has 1 aromatic rings. The molecule has 0 spiro atoms. The molecule has 0 aliphatic rings. The highest BCUT2D eigenvalue weighted by molar-refractivity contribution is 7.98. The van der Waals surface area contributed by atoms with Crippen molar-refractivity contribution in [3.05, 3.63) is 23.1 Å². The third-order valence-corrected chi connectivity index (χ3v) is 2.84. The van der Waals surface area contributed by atoms with Crippen LogP contribution < -0.4 is 0 Å². The smallest absolute Gasteiger partial charge is 0.193 e. The highest BCUT2D eigenvalue weighted by atomic mass is 35.5. The summed E-state index contributed by atoms with van der Waals surface area (Å²) in [7, 11) is 0. The van der Waals surface area contributed by atoms with Crippen LogP contribution in [0.1, 0.15) is 18.6 Å². The molecule has 0 saturated heterocycles. The van der Waals surface area contributed by atoms with Gasteiger partial charge in [-0.2, -0.15) is 11.8 Å². The predicted molar refractivity (Wildman–Crippen MR) is 56.2 cm³/mol. The van der Waals surface area contributed by atoms with E-state index in [1.807, 2.05) is 6.07 Å². The molecule has 0 unspecified atom stereocenters. The van der Waals surface area contributed by atoms with Crippen molar-refractivity contribution in [1.29, 1.82) is 0 Å². The maximum atomic E-state index is 8.54. The molecule has 0 bridgehead atoms. The lowest BCUT2D eigenvalue weighted by Crippen LogP contribution is -1.86. The van der Waals surface area contributed by atoms with Crippen LogP contribution in [0.5, 0.6) is 0 Å². The molecule has 1 aromatic heterocycles. The molecule has 0 radical (unpaired) electrons. The van der Waals surface area contributed by atoms with Gasteiger partial charge in [0.2, 0.25) is 0 Å². The van der Waals surface area contributed by atoms with Gasteiger partial charge in [-0.05, 0) is 42.3 Å². The third kappa shape index (κ3) is 4.60. The van der Waals surface area contributed by atoms with Crippen molar-refractivity contribution >= 4 is 23.4 Å². The Kier molecular flexibility index (Phi) is 5.35. The van der Waals surface area contributed by atoms with Gasteiger partial charge in [0.25, 0.3) is 0 Å². The van der Waals surface area contributed by atoms with E-state index in [1.54, 1.807) is 17.8 Å². The Bertz CT molecular complexity index is 237. The van der Waals surface area contributed by atoms with Gasteiger partial charge < -0.3 is 9.52 Å². The van der Waals surface area contributed by atoms with Crippen LogP contribution in [0, 0.1) is 0 Å². The SMILES string of the molecule is OCCCCSCc1ccc(Cl)o1. The first-order valence-corrected chi connectivity index (χ1v) is 5.79. The van der Waals surface area contributed by atoms with Gasteiger partial charge >= 0.3 is 0 Å². The van der Waals surface area contributed by atoms with Gasteiger partial charge in [-0.25, -0.2) is 0 Å². The van der Waals surface area contributed by atoms with Crippen LogP contribution in [-0.4, -0.2) is 17.5 Å². The Morgan fingerprint density at radius 1 is 1.38 bits per heavy atom. The molecule has 0 fully saturated rings. The molecular formula is C9H13ClO2S. The summed E-state index contributed by atoms with van der Waals surface area (Å²) in [6, 6.07) is 3.65. The quantitative estimate of drug-likeness (QED) is 0.749. The largest absolute Gasteiger partial charge is 0.449 e. The van der Waals surface area contributed by atoms with E-state index in [0.717, 1.165) is 30.1 Å². The number of unbranched alkanes of at least 4 members (excludes halogenated alkanes) is 1. The highest BCUT2D eigenvalue weighted by Crippen LogP contribution is 2.18. The minimum absolute atomic E-state index is 0.285. The first kappa shape index (κ1) is 11.0. The highest BCUT2D eigenvalue weighted by Gasteiger charge is 1.98. The zero-order valence-electron chi connectivity index (χ0n) is 7.33. The van der Waals surface area contributed by atoms with Crippen molar-refractivity contribution in [1.82, 2.24) is 0 Å². The second kappa shape index (κ2) is 6.35. The Morgan fingerprint density at radius 3 is 2.85 bits per heavy atom. The third-order valence-electron chi connectivity index (χ3n) is 1.57. The molecule has 1 heterocycles. The van der Waals surface area contributed by atoms with Gasteiger partial charge in [-0.1, -0.05) is 0 Å². The van der Waals surface area contributed by atoms with E-state index in [-0.39, 0.29) is 6.61 Å². The van der Waals surface area contributed by atoms with Crippen LogP contribution in [0.2, 0.25) is 5.22 Å². The Hall–Kier alpha value is -0.120. The van der Waals surface area contributed by atoms with Gasteiger partial charge in [0.05, 0.1) is 5.75 Å². The summed E-state index contributed by atoms with van der Waals surface area (Å²) < 4.78 is 5.19. The van der Waals surface area contributed by atoms with Crippen LogP contribution in [0.3, 0.4) is 0 Å². The van der Waals surface area contributed by atoms with E-state index in [0.29, 0.717) is 5.22 Å².